The van der Waals surface area contributed by atoms with E-state index in [1.165, 1.54) is 60.8 Å². The lowest BCUT2D eigenvalue weighted by Gasteiger charge is -2.29. The Morgan fingerprint density at radius 2 is 2.05 bits per heavy atom. The standard InChI is InChI=1S/C16H27N3S/c1-3-17-11-15-12(2)18-16(20-15)19-10-6-9-14(19)13-7-4-5-8-13/h13-14,17H,3-11H2,1-2H3. The van der Waals surface area contributed by atoms with E-state index in [1.54, 1.807) is 0 Å². The van der Waals surface area contributed by atoms with Gasteiger partial charge in [0.05, 0.1) is 5.69 Å². The summed E-state index contributed by atoms with van der Waals surface area (Å²) in [4.78, 5) is 8.92. The molecule has 112 valence electrons. The average molecular weight is 293 g/mol. The molecule has 2 fully saturated rings. The second-order valence-electron chi connectivity index (χ2n) is 6.23. The van der Waals surface area contributed by atoms with Gasteiger partial charge < -0.3 is 10.2 Å². The van der Waals surface area contributed by atoms with Crippen molar-refractivity contribution in [1.29, 1.82) is 0 Å². The summed E-state index contributed by atoms with van der Waals surface area (Å²) in [5.41, 5.74) is 1.23. The fourth-order valence-corrected chi connectivity index (χ4v) is 4.91. The fraction of sp³-hybridized carbons (Fsp3) is 0.812. The molecule has 2 heterocycles. The minimum absolute atomic E-state index is 0.773. The van der Waals surface area contributed by atoms with Gasteiger partial charge in [0, 0.05) is 24.0 Å². The van der Waals surface area contributed by atoms with Crippen molar-refractivity contribution >= 4 is 16.5 Å². The van der Waals surface area contributed by atoms with Crippen LogP contribution in [0.15, 0.2) is 0 Å². The van der Waals surface area contributed by atoms with Gasteiger partial charge in [0.15, 0.2) is 5.13 Å². The number of hydrogen-bond acceptors (Lipinski definition) is 4. The van der Waals surface area contributed by atoms with Crippen molar-refractivity contribution in [2.24, 2.45) is 5.92 Å². The molecule has 20 heavy (non-hydrogen) atoms. The lowest BCUT2D eigenvalue weighted by Crippen LogP contribution is -2.34. The molecule has 1 atom stereocenters. The third-order valence-electron chi connectivity index (χ3n) is 4.91. The van der Waals surface area contributed by atoms with Gasteiger partial charge in [-0.05, 0) is 45.1 Å². The second kappa shape index (κ2) is 6.44. The highest BCUT2D eigenvalue weighted by Gasteiger charge is 2.34. The number of nitrogens with one attached hydrogen (secondary N) is 1. The maximum absolute atomic E-state index is 4.87. The molecule has 0 amide bonds. The highest BCUT2D eigenvalue weighted by Crippen LogP contribution is 2.39. The number of nitrogens with zero attached hydrogens (tertiary/aromatic N) is 2. The van der Waals surface area contributed by atoms with E-state index in [9.17, 15) is 0 Å². The summed E-state index contributed by atoms with van der Waals surface area (Å²) in [7, 11) is 0. The Hall–Kier alpha value is -0.610. The van der Waals surface area contributed by atoms with E-state index in [-0.39, 0.29) is 0 Å². The minimum Gasteiger partial charge on any atom is -0.345 e. The van der Waals surface area contributed by atoms with E-state index in [2.05, 4.69) is 24.1 Å². The van der Waals surface area contributed by atoms with Gasteiger partial charge in [-0.25, -0.2) is 4.98 Å². The Balaban J connectivity index is 1.73. The maximum atomic E-state index is 4.87. The number of aryl methyl sites for hydroxylation is 1. The molecular weight excluding hydrogens is 266 g/mol. The van der Waals surface area contributed by atoms with Crippen LogP contribution in [0.3, 0.4) is 0 Å². The predicted molar refractivity (Wildman–Crippen MR) is 86.6 cm³/mol. The minimum atomic E-state index is 0.773. The zero-order valence-electron chi connectivity index (χ0n) is 12.8. The summed E-state index contributed by atoms with van der Waals surface area (Å²) in [6.45, 7) is 7.54. The Labute approximate surface area is 126 Å². The Morgan fingerprint density at radius 3 is 2.80 bits per heavy atom. The van der Waals surface area contributed by atoms with Crippen molar-refractivity contribution in [3.63, 3.8) is 0 Å². The van der Waals surface area contributed by atoms with Crippen molar-refractivity contribution in [2.75, 3.05) is 18.0 Å². The van der Waals surface area contributed by atoms with E-state index in [0.717, 1.165) is 25.0 Å². The zero-order valence-corrected chi connectivity index (χ0v) is 13.6. The van der Waals surface area contributed by atoms with E-state index in [1.807, 2.05) is 11.3 Å². The van der Waals surface area contributed by atoms with Crippen LogP contribution in [-0.2, 0) is 6.54 Å². The number of anilines is 1. The van der Waals surface area contributed by atoms with Crippen molar-refractivity contribution in [3.8, 4) is 0 Å². The van der Waals surface area contributed by atoms with Crippen LogP contribution in [0, 0.1) is 12.8 Å². The summed E-state index contributed by atoms with van der Waals surface area (Å²) in [5.74, 6) is 0.930. The summed E-state index contributed by atoms with van der Waals surface area (Å²) in [6, 6.07) is 0.773. The monoisotopic (exact) mass is 293 g/mol. The first-order chi connectivity index (χ1) is 9.79. The van der Waals surface area contributed by atoms with Gasteiger partial charge in [0.1, 0.15) is 0 Å². The molecule has 3 nitrogen and oxygen atoms in total. The molecule has 4 heteroatoms. The van der Waals surface area contributed by atoms with Gasteiger partial charge in [-0.2, -0.15) is 0 Å². The van der Waals surface area contributed by atoms with Crippen LogP contribution >= 0.6 is 11.3 Å². The number of thiazole rings is 1. The van der Waals surface area contributed by atoms with Crippen molar-refractivity contribution in [1.82, 2.24) is 10.3 Å². The smallest absolute Gasteiger partial charge is 0.186 e. The molecule has 0 spiro atoms. The van der Waals surface area contributed by atoms with Gasteiger partial charge in [-0.15, -0.1) is 11.3 Å². The van der Waals surface area contributed by atoms with Crippen LogP contribution in [0.5, 0.6) is 0 Å². The molecule has 1 aromatic rings. The summed E-state index contributed by atoms with van der Waals surface area (Å²) in [6.07, 6.45) is 8.49. The SMILES string of the molecule is CCNCc1sc(N2CCCC2C2CCCC2)nc1C. The molecule has 1 unspecified atom stereocenters. The predicted octanol–water partition coefficient (Wildman–Crippen LogP) is 3.72. The highest BCUT2D eigenvalue weighted by atomic mass is 32.1. The molecule has 1 aliphatic heterocycles. The second-order valence-corrected chi connectivity index (χ2v) is 7.29. The first kappa shape index (κ1) is 14.3. The Kier molecular flexibility index (Phi) is 4.61. The molecule has 3 rings (SSSR count). The Bertz CT molecular complexity index is 437. The molecule has 1 aliphatic carbocycles. The first-order valence-electron chi connectivity index (χ1n) is 8.23. The van der Waals surface area contributed by atoms with Crippen LogP contribution in [0.25, 0.3) is 0 Å². The van der Waals surface area contributed by atoms with Crippen LogP contribution in [0.4, 0.5) is 5.13 Å². The topological polar surface area (TPSA) is 28.2 Å². The summed E-state index contributed by atoms with van der Waals surface area (Å²) in [5, 5.41) is 4.71. The van der Waals surface area contributed by atoms with E-state index >= 15 is 0 Å². The number of rotatable bonds is 5. The van der Waals surface area contributed by atoms with E-state index in [0.29, 0.717) is 0 Å². The third-order valence-corrected chi connectivity index (χ3v) is 6.10. The van der Waals surface area contributed by atoms with Crippen LogP contribution in [0.1, 0.15) is 56.0 Å². The van der Waals surface area contributed by atoms with Gasteiger partial charge in [-0.1, -0.05) is 19.8 Å². The van der Waals surface area contributed by atoms with E-state index < -0.39 is 0 Å². The lowest BCUT2D eigenvalue weighted by molar-refractivity contribution is 0.430. The molecule has 0 radical (unpaired) electrons. The van der Waals surface area contributed by atoms with Gasteiger partial charge in [-0.3, -0.25) is 0 Å². The molecule has 1 aromatic heterocycles. The van der Waals surface area contributed by atoms with E-state index in [4.69, 9.17) is 4.98 Å². The summed E-state index contributed by atoms with van der Waals surface area (Å²) >= 11 is 1.91. The van der Waals surface area contributed by atoms with Gasteiger partial charge in [0.25, 0.3) is 0 Å². The molecule has 1 saturated heterocycles. The first-order valence-corrected chi connectivity index (χ1v) is 9.05. The molecular formula is C16H27N3S. The number of hydrogen-bond donors (Lipinski definition) is 1. The molecule has 0 bridgehead atoms. The molecule has 1 N–H and O–H groups in total. The van der Waals surface area contributed by atoms with Crippen LogP contribution in [0.2, 0.25) is 0 Å². The molecule has 2 aliphatic rings. The fourth-order valence-electron chi connectivity index (χ4n) is 3.80. The van der Waals surface area contributed by atoms with Crippen LogP contribution < -0.4 is 10.2 Å². The quantitative estimate of drug-likeness (QED) is 0.897. The molecule has 0 aromatic carbocycles. The van der Waals surface area contributed by atoms with Crippen LogP contribution in [-0.4, -0.2) is 24.1 Å². The highest BCUT2D eigenvalue weighted by molar-refractivity contribution is 7.15. The maximum Gasteiger partial charge on any atom is 0.186 e. The van der Waals surface area contributed by atoms with Crippen molar-refractivity contribution in [3.05, 3.63) is 10.6 Å². The number of aromatic nitrogens is 1. The normalized spacial score (nSPS) is 23.9. The largest absolute Gasteiger partial charge is 0.345 e. The average Bonchev–Trinajstić information content (AvgIpc) is 3.16. The summed E-state index contributed by atoms with van der Waals surface area (Å²) < 4.78 is 0. The zero-order chi connectivity index (χ0) is 13.9. The van der Waals surface area contributed by atoms with Crippen molar-refractivity contribution in [2.45, 2.75) is 65.0 Å². The Morgan fingerprint density at radius 1 is 1.25 bits per heavy atom. The lowest BCUT2D eigenvalue weighted by atomic mass is 9.96. The van der Waals surface area contributed by atoms with Crippen molar-refractivity contribution < 1.29 is 0 Å². The third kappa shape index (κ3) is 2.86. The van der Waals surface area contributed by atoms with Gasteiger partial charge in [0.2, 0.25) is 0 Å². The molecule has 1 saturated carbocycles. The van der Waals surface area contributed by atoms with Gasteiger partial charge >= 0.3 is 0 Å².